The maximum atomic E-state index is 10.7. The van der Waals surface area contributed by atoms with Crippen molar-refractivity contribution in [3.05, 3.63) is 82.0 Å². The molecule has 0 saturated carbocycles. The SMILES string of the molecule is O=C(O)/C=C/c1cn(Cc2ccc([N+](=O)[O-])cc2)c2ccccc12. The van der Waals surface area contributed by atoms with Crippen LogP contribution in [0.15, 0.2) is 60.8 Å². The summed E-state index contributed by atoms with van der Waals surface area (Å²) in [5, 5.41) is 20.5. The highest BCUT2D eigenvalue weighted by Crippen LogP contribution is 2.24. The Kier molecular flexibility index (Phi) is 4.11. The summed E-state index contributed by atoms with van der Waals surface area (Å²) in [6.45, 7) is 0.541. The van der Waals surface area contributed by atoms with E-state index in [1.54, 1.807) is 18.2 Å². The van der Waals surface area contributed by atoms with E-state index < -0.39 is 10.9 Å². The monoisotopic (exact) mass is 322 g/mol. The number of nitro benzene ring substituents is 1. The van der Waals surface area contributed by atoms with Gasteiger partial charge in [-0.25, -0.2) is 4.79 Å². The van der Waals surface area contributed by atoms with Gasteiger partial charge in [0.2, 0.25) is 0 Å². The Labute approximate surface area is 137 Å². The number of carbonyl (C=O) groups is 1. The summed E-state index contributed by atoms with van der Waals surface area (Å²) in [7, 11) is 0. The molecule has 1 aromatic heterocycles. The zero-order valence-corrected chi connectivity index (χ0v) is 12.6. The minimum Gasteiger partial charge on any atom is -0.478 e. The van der Waals surface area contributed by atoms with E-state index in [-0.39, 0.29) is 5.69 Å². The maximum Gasteiger partial charge on any atom is 0.328 e. The fourth-order valence-electron chi connectivity index (χ4n) is 2.62. The van der Waals surface area contributed by atoms with Crippen molar-refractivity contribution in [3.63, 3.8) is 0 Å². The number of hydrogen-bond acceptors (Lipinski definition) is 3. The molecule has 1 heterocycles. The molecule has 120 valence electrons. The summed E-state index contributed by atoms with van der Waals surface area (Å²) < 4.78 is 2.00. The smallest absolute Gasteiger partial charge is 0.328 e. The standard InChI is InChI=1S/C18H14N2O4/c21-18(22)10-7-14-12-19(17-4-2-1-3-16(14)17)11-13-5-8-15(9-6-13)20(23)24/h1-10,12H,11H2,(H,21,22)/b10-7+. The lowest BCUT2D eigenvalue weighted by molar-refractivity contribution is -0.384. The number of nitrogens with zero attached hydrogens (tertiary/aromatic N) is 2. The lowest BCUT2D eigenvalue weighted by Gasteiger charge is -2.05. The molecule has 0 radical (unpaired) electrons. The molecule has 24 heavy (non-hydrogen) atoms. The predicted octanol–water partition coefficient (Wildman–Crippen LogP) is 3.70. The minimum absolute atomic E-state index is 0.0567. The van der Waals surface area contributed by atoms with Gasteiger partial charge in [0, 0.05) is 47.4 Å². The van der Waals surface area contributed by atoms with E-state index in [0.29, 0.717) is 6.54 Å². The molecule has 0 atom stereocenters. The first-order valence-corrected chi connectivity index (χ1v) is 7.27. The van der Waals surface area contributed by atoms with Crippen molar-refractivity contribution >= 4 is 28.6 Å². The van der Waals surface area contributed by atoms with E-state index in [4.69, 9.17) is 5.11 Å². The van der Waals surface area contributed by atoms with Gasteiger partial charge in [-0.1, -0.05) is 30.3 Å². The van der Waals surface area contributed by atoms with Crippen LogP contribution in [0.25, 0.3) is 17.0 Å². The van der Waals surface area contributed by atoms with Gasteiger partial charge in [-0.05, 0) is 17.7 Å². The van der Waals surface area contributed by atoms with Gasteiger partial charge in [0.25, 0.3) is 5.69 Å². The van der Waals surface area contributed by atoms with Crippen molar-refractivity contribution < 1.29 is 14.8 Å². The maximum absolute atomic E-state index is 10.7. The Morgan fingerprint density at radius 2 is 1.88 bits per heavy atom. The number of aliphatic carboxylic acids is 1. The summed E-state index contributed by atoms with van der Waals surface area (Å²) in [4.78, 5) is 21.0. The van der Waals surface area contributed by atoms with Crippen LogP contribution in [0, 0.1) is 10.1 Å². The first-order chi connectivity index (χ1) is 11.5. The second kappa shape index (κ2) is 6.37. The van der Waals surface area contributed by atoms with Gasteiger partial charge in [-0.15, -0.1) is 0 Å². The van der Waals surface area contributed by atoms with Crippen LogP contribution >= 0.6 is 0 Å². The van der Waals surface area contributed by atoms with E-state index in [1.165, 1.54) is 12.1 Å². The van der Waals surface area contributed by atoms with E-state index >= 15 is 0 Å². The number of non-ortho nitro benzene ring substituents is 1. The van der Waals surface area contributed by atoms with Gasteiger partial charge in [0.15, 0.2) is 0 Å². The number of carboxylic acid groups (broad SMARTS) is 1. The van der Waals surface area contributed by atoms with E-state index in [1.807, 2.05) is 35.0 Å². The molecule has 6 nitrogen and oxygen atoms in total. The van der Waals surface area contributed by atoms with Gasteiger partial charge < -0.3 is 9.67 Å². The van der Waals surface area contributed by atoms with Crippen LogP contribution in [-0.4, -0.2) is 20.6 Å². The Hall–Kier alpha value is -3.41. The summed E-state index contributed by atoms with van der Waals surface area (Å²) in [5.41, 5.74) is 2.77. The highest BCUT2D eigenvalue weighted by Gasteiger charge is 2.08. The van der Waals surface area contributed by atoms with E-state index in [9.17, 15) is 14.9 Å². The highest BCUT2D eigenvalue weighted by atomic mass is 16.6. The van der Waals surface area contributed by atoms with Crippen LogP contribution in [0.5, 0.6) is 0 Å². The average Bonchev–Trinajstić information content (AvgIpc) is 2.91. The van der Waals surface area contributed by atoms with Crippen molar-refractivity contribution in [3.8, 4) is 0 Å². The molecule has 3 rings (SSSR count). The molecule has 0 amide bonds. The molecule has 0 unspecified atom stereocenters. The van der Waals surface area contributed by atoms with Crippen LogP contribution in [0.3, 0.4) is 0 Å². The van der Waals surface area contributed by atoms with Crippen molar-refractivity contribution in [1.82, 2.24) is 4.57 Å². The number of benzene rings is 2. The molecule has 0 spiro atoms. The second-order valence-corrected chi connectivity index (χ2v) is 5.32. The molecule has 2 aromatic carbocycles. The fourth-order valence-corrected chi connectivity index (χ4v) is 2.62. The lowest BCUT2D eigenvalue weighted by Crippen LogP contribution is -1.98. The van der Waals surface area contributed by atoms with E-state index in [0.717, 1.165) is 28.1 Å². The fraction of sp³-hybridized carbons (Fsp3) is 0.0556. The van der Waals surface area contributed by atoms with Crippen LogP contribution in [0.2, 0.25) is 0 Å². The molecular formula is C18H14N2O4. The van der Waals surface area contributed by atoms with Crippen molar-refractivity contribution in [1.29, 1.82) is 0 Å². The first-order valence-electron chi connectivity index (χ1n) is 7.27. The minimum atomic E-state index is -0.998. The van der Waals surface area contributed by atoms with Crippen molar-refractivity contribution in [2.75, 3.05) is 0 Å². The molecule has 0 aliphatic carbocycles. The summed E-state index contributed by atoms with van der Waals surface area (Å²) in [6, 6.07) is 14.1. The second-order valence-electron chi connectivity index (χ2n) is 5.32. The van der Waals surface area contributed by atoms with Gasteiger partial charge in [-0.2, -0.15) is 0 Å². The zero-order chi connectivity index (χ0) is 17.1. The van der Waals surface area contributed by atoms with Crippen LogP contribution in [0.1, 0.15) is 11.1 Å². The molecule has 0 fully saturated rings. The van der Waals surface area contributed by atoms with Crippen molar-refractivity contribution in [2.45, 2.75) is 6.54 Å². The predicted molar refractivity (Wildman–Crippen MR) is 90.8 cm³/mol. The number of hydrogen-bond donors (Lipinski definition) is 1. The molecule has 0 aliphatic heterocycles. The molecule has 1 N–H and O–H groups in total. The summed E-state index contributed by atoms with van der Waals surface area (Å²) in [5.74, 6) is -0.998. The average molecular weight is 322 g/mol. The van der Waals surface area contributed by atoms with Gasteiger partial charge in [0.1, 0.15) is 0 Å². The normalized spacial score (nSPS) is 11.2. The number of aromatic nitrogens is 1. The van der Waals surface area contributed by atoms with Gasteiger partial charge >= 0.3 is 5.97 Å². The number of rotatable bonds is 5. The van der Waals surface area contributed by atoms with Gasteiger partial charge in [-0.3, -0.25) is 10.1 Å². The molecule has 0 bridgehead atoms. The largest absolute Gasteiger partial charge is 0.478 e. The summed E-state index contributed by atoms with van der Waals surface area (Å²) in [6.07, 6.45) is 4.56. The molecular weight excluding hydrogens is 308 g/mol. The Morgan fingerprint density at radius 3 is 2.54 bits per heavy atom. The topological polar surface area (TPSA) is 85.4 Å². The molecule has 6 heteroatoms. The van der Waals surface area contributed by atoms with E-state index in [2.05, 4.69) is 0 Å². The summed E-state index contributed by atoms with van der Waals surface area (Å²) >= 11 is 0. The molecule has 3 aromatic rings. The number of nitro groups is 1. The quantitative estimate of drug-likeness (QED) is 0.441. The van der Waals surface area contributed by atoms with Crippen LogP contribution < -0.4 is 0 Å². The molecule has 0 aliphatic rings. The highest BCUT2D eigenvalue weighted by molar-refractivity contribution is 5.93. The Morgan fingerprint density at radius 1 is 1.17 bits per heavy atom. The Balaban J connectivity index is 1.97. The van der Waals surface area contributed by atoms with Gasteiger partial charge in [0.05, 0.1) is 4.92 Å². The van der Waals surface area contributed by atoms with Crippen molar-refractivity contribution in [2.24, 2.45) is 0 Å². The third-order valence-corrected chi connectivity index (χ3v) is 3.72. The van der Waals surface area contributed by atoms with Crippen LogP contribution in [0.4, 0.5) is 5.69 Å². The number of para-hydroxylation sites is 1. The first kappa shape index (κ1) is 15.5. The molecule has 0 saturated heterocycles. The zero-order valence-electron chi connectivity index (χ0n) is 12.6. The Bertz CT molecular complexity index is 939. The third-order valence-electron chi connectivity index (χ3n) is 3.72. The number of carboxylic acids is 1. The number of fused-ring (bicyclic) bond motifs is 1. The van der Waals surface area contributed by atoms with Crippen LogP contribution in [-0.2, 0) is 11.3 Å². The lowest BCUT2D eigenvalue weighted by atomic mass is 10.1. The third kappa shape index (κ3) is 3.17.